The molecule has 0 fully saturated rings. The molecule has 0 saturated heterocycles. The molecule has 1 aliphatic heterocycles. The Labute approximate surface area is 212 Å². The van der Waals surface area contributed by atoms with Crippen LogP contribution in [-0.4, -0.2) is 49.2 Å². The fourth-order valence-electron chi connectivity index (χ4n) is 4.02. The predicted molar refractivity (Wildman–Crippen MR) is 132 cm³/mol. The van der Waals surface area contributed by atoms with Gasteiger partial charge in [-0.2, -0.15) is 0 Å². The van der Waals surface area contributed by atoms with Gasteiger partial charge in [0.15, 0.2) is 15.9 Å². The number of imidazole rings is 1. The predicted octanol–water partition coefficient (Wildman–Crippen LogP) is 2.06. The highest BCUT2D eigenvalue weighted by atomic mass is 79.9. The first-order chi connectivity index (χ1) is 16.6. The normalized spacial score (nSPS) is 16.1. The highest BCUT2D eigenvalue weighted by Gasteiger charge is 2.37. The molecule has 0 aliphatic carbocycles. The van der Waals surface area contributed by atoms with E-state index in [1.165, 1.54) is 35.2 Å². The quantitative estimate of drug-likeness (QED) is 0.374. The number of fused-ring (bicyclic) bond motifs is 1. The monoisotopic (exact) mass is 564 g/mol. The van der Waals surface area contributed by atoms with Crippen LogP contribution < -0.4 is 16.6 Å². The summed E-state index contributed by atoms with van der Waals surface area (Å²) >= 11 is 9.39. The van der Waals surface area contributed by atoms with E-state index in [0.29, 0.717) is 16.3 Å². The van der Waals surface area contributed by atoms with Crippen LogP contribution in [0.3, 0.4) is 0 Å². The fourth-order valence-corrected chi connectivity index (χ4v) is 4.61. The van der Waals surface area contributed by atoms with E-state index in [1.54, 1.807) is 31.2 Å². The Morgan fingerprint density at radius 1 is 1.14 bits per heavy atom. The van der Waals surface area contributed by atoms with Gasteiger partial charge >= 0.3 is 17.7 Å². The number of aromatic nitrogens is 4. The van der Waals surface area contributed by atoms with Crippen LogP contribution in [0, 0.1) is 0 Å². The molecular weight excluding hydrogens is 544 g/mol. The number of carbonyl (C=O) groups excluding carboxylic acids is 2. The van der Waals surface area contributed by atoms with Crippen molar-refractivity contribution in [2.75, 3.05) is 13.7 Å². The minimum atomic E-state index is -0.814. The van der Waals surface area contributed by atoms with Gasteiger partial charge in [0, 0.05) is 26.2 Å². The van der Waals surface area contributed by atoms with Crippen LogP contribution in [-0.2, 0) is 30.2 Å². The SMILES string of the molecule is CCOC(=O)C1=C(Cn2c(Br)nc3c2c(=O)n(C)c(=O)n3C)N(C)C(=O)NC1c1ccc(Cl)cc1. The molecule has 0 saturated carbocycles. The molecule has 3 heterocycles. The summed E-state index contributed by atoms with van der Waals surface area (Å²) in [5.74, 6) is -0.616. The van der Waals surface area contributed by atoms with Crippen molar-refractivity contribution >= 4 is 50.7 Å². The van der Waals surface area contributed by atoms with E-state index >= 15 is 0 Å². The number of aryl methyl sites for hydroxylation is 1. The Bertz CT molecular complexity index is 1500. The van der Waals surface area contributed by atoms with Crippen molar-refractivity contribution in [3.05, 3.63) is 71.7 Å². The van der Waals surface area contributed by atoms with E-state index in [4.69, 9.17) is 16.3 Å². The van der Waals surface area contributed by atoms with Gasteiger partial charge in [-0.1, -0.05) is 23.7 Å². The summed E-state index contributed by atoms with van der Waals surface area (Å²) in [4.78, 5) is 57.1. The Balaban J connectivity index is 1.98. The van der Waals surface area contributed by atoms with Gasteiger partial charge in [0.25, 0.3) is 5.56 Å². The molecule has 0 bridgehead atoms. The Morgan fingerprint density at radius 3 is 2.43 bits per heavy atom. The maximum atomic E-state index is 13.2. The Kier molecular flexibility index (Phi) is 6.60. The number of nitrogens with one attached hydrogen (secondary N) is 1. The van der Waals surface area contributed by atoms with Crippen LogP contribution >= 0.6 is 27.5 Å². The number of halogens is 2. The minimum Gasteiger partial charge on any atom is -0.463 e. The van der Waals surface area contributed by atoms with Crippen LogP contribution in [0.5, 0.6) is 0 Å². The highest BCUT2D eigenvalue weighted by molar-refractivity contribution is 9.10. The van der Waals surface area contributed by atoms with Crippen LogP contribution in [0.2, 0.25) is 5.02 Å². The summed E-state index contributed by atoms with van der Waals surface area (Å²) in [6.07, 6.45) is 0. The van der Waals surface area contributed by atoms with Gasteiger partial charge < -0.3 is 14.6 Å². The lowest BCUT2D eigenvalue weighted by atomic mass is 9.94. The Morgan fingerprint density at radius 2 is 1.80 bits per heavy atom. The topological polar surface area (TPSA) is 120 Å². The summed E-state index contributed by atoms with van der Waals surface area (Å²) in [5.41, 5.74) is 0.360. The van der Waals surface area contributed by atoms with E-state index < -0.39 is 29.3 Å². The van der Waals surface area contributed by atoms with Crippen molar-refractivity contribution in [1.82, 2.24) is 28.9 Å². The van der Waals surface area contributed by atoms with Crippen molar-refractivity contribution in [2.24, 2.45) is 14.1 Å². The van der Waals surface area contributed by atoms with Crippen LogP contribution in [0.4, 0.5) is 4.79 Å². The highest BCUT2D eigenvalue weighted by Crippen LogP contribution is 2.33. The number of rotatable bonds is 5. The van der Waals surface area contributed by atoms with E-state index in [0.717, 1.165) is 4.57 Å². The third-order valence-corrected chi connectivity index (χ3v) is 6.74. The zero-order valence-electron chi connectivity index (χ0n) is 19.3. The van der Waals surface area contributed by atoms with Gasteiger partial charge in [0.05, 0.1) is 30.5 Å². The molecule has 1 unspecified atom stereocenters. The second-order valence-corrected chi connectivity index (χ2v) is 9.06. The van der Waals surface area contributed by atoms with Crippen molar-refractivity contribution < 1.29 is 14.3 Å². The largest absolute Gasteiger partial charge is 0.463 e. The first-order valence-corrected chi connectivity index (χ1v) is 11.8. The van der Waals surface area contributed by atoms with Crippen molar-refractivity contribution in [2.45, 2.75) is 19.5 Å². The second kappa shape index (κ2) is 9.34. The fraction of sp³-hybridized carbons (Fsp3) is 0.318. The van der Waals surface area contributed by atoms with Crippen LogP contribution in [0.25, 0.3) is 11.2 Å². The maximum absolute atomic E-state index is 13.2. The van der Waals surface area contributed by atoms with Gasteiger partial charge in [-0.25, -0.2) is 19.4 Å². The molecule has 1 N–H and O–H groups in total. The summed E-state index contributed by atoms with van der Waals surface area (Å²) < 4.78 is 9.33. The van der Waals surface area contributed by atoms with Gasteiger partial charge in [-0.15, -0.1) is 0 Å². The van der Waals surface area contributed by atoms with Gasteiger partial charge in [0.1, 0.15) is 0 Å². The molecule has 13 heteroatoms. The summed E-state index contributed by atoms with van der Waals surface area (Å²) in [5, 5.41) is 3.33. The van der Waals surface area contributed by atoms with E-state index in [2.05, 4.69) is 26.2 Å². The number of benzene rings is 1. The first-order valence-electron chi connectivity index (χ1n) is 10.6. The molecule has 35 heavy (non-hydrogen) atoms. The smallest absolute Gasteiger partial charge is 0.338 e. The summed E-state index contributed by atoms with van der Waals surface area (Å²) in [7, 11) is 4.40. The van der Waals surface area contributed by atoms with E-state index in [9.17, 15) is 19.2 Å². The summed E-state index contributed by atoms with van der Waals surface area (Å²) in [6.45, 7) is 1.73. The molecule has 1 aliphatic rings. The molecule has 0 radical (unpaired) electrons. The molecule has 2 aromatic heterocycles. The number of urea groups is 1. The minimum absolute atomic E-state index is 0.0767. The number of allylic oxidation sites excluding steroid dienone is 1. The van der Waals surface area contributed by atoms with Crippen LogP contribution in [0.1, 0.15) is 18.5 Å². The average molecular weight is 566 g/mol. The maximum Gasteiger partial charge on any atom is 0.338 e. The van der Waals surface area contributed by atoms with E-state index in [1.807, 2.05) is 0 Å². The molecule has 184 valence electrons. The number of ether oxygens (including phenoxy) is 1. The molecule has 3 aromatic rings. The lowest BCUT2D eigenvalue weighted by molar-refractivity contribution is -0.139. The molecule has 1 aromatic carbocycles. The summed E-state index contributed by atoms with van der Waals surface area (Å²) in [6, 6.07) is 5.48. The van der Waals surface area contributed by atoms with Crippen molar-refractivity contribution in [3.63, 3.8) is 0 Å². The van der Waals surface area contributed by atoms with Gasteiger partial charge in [0.2, 0.25) is 0 Å². The number of hydrogen-bond acceptors (Lipinski definition) is 6. The lowest BCUT2D eigenvalue weighted by Gasteiger charge is -2.35. The average Bonchev–Trinajstić information content (AvgIpc) is 3.15. The number of amides is 2. The number of esters is 1. The number of carbonyl (C=O) groups is 2. The number of hydrogen-bond donors (Lipinski definition) is 1. The third-order valence-electron chi connectivity index (χ3n) is 5.88. The number of likely N-dealkylation sites (N-methyl/N-ethyl adjacent to an activating group) is 1. The zero-order chi connectivity index (χ0) is 25.6. The van der Waals surface area contributed by atoms with E-state index in [-0.39, 0.29) is 34.6 Å². The zero-order valence-corrected chi connectivity index (χ0v) is 21.7. The first kappa shape index (κ1) is 24.7. The third kappa shape index (κ3) is 4.16. The van der Waals surface area contributed by atoms with Crippen molar-refractivity contribution in [1.29, 1.82) is 0 Å². The molecule has 1 atom stereocenters. The standard InChI is InChI=1S/C22H22BrClN6O5/c1-5-35-19(32)14-13(27(2)21(33)25-15(14)11-6-8-12(24)9-7-11)10-30-16-17(26-20(30)23)28(3)22(34)29(4)18(16)31/h6-9,15H,5,10H2,1-4H3,(H,25,33). The van der Waals surface area contributed by atoms with Gasteiger partial charge in [-0.05, 0) is 40.5 Å². The second-order valence-electron chi connectivity index (χ2n) is 7.92. The van der Waals surface area contributed by atoms with Gasteiger partial charge in [-0.3, -0.25) is 18.8 Å². The molecule has 11 nitrogen and oxygen atoms in total. The molecule has 2 amide bonds. The Hall–Kier alpha value is -3.38. The lowest BCUT2D eigenvalue weighted by Crippen LogP contribution is -2.47. The molecule has 4 rings (SSSR count). The van der Waals surface area contributed by atoms with Crippen LogP contribution in [0.15, 0.2) is 49.9 Å². The number of nitrogens with zero attached hydrogens (tertiary/aromatic N) is 5. The van der Waals surface area contributed by atoms with Crippen molar-refractivity contribution in [3.8, 4) is 0 Å². The molecule has 0 spiro atoms. The molecular formula is C22H22BrClN6O5.